The van der Waals surface area contributed by atoms with Crippen molar-refractivity contribution in [1.82, 2.24) is 0 Å². The van der Waals surface area contributed by atoms with E-state index in [1.54, 1.807) is 7.11 Å². The van der Waals surface area contributed by atoms with Crippen LogP contribution in [0.1, 0.15) is 33.1 Å². The third-order valence-electron chi connectivity index (χ3n) is 2.15. The summed E-state index contributed by atoms with van der Waals surface area (Å²) in [5.74, 6) is 0.622. The lowest BCUT2D eigenvalue weighted by Crippen LogP contribution is -1.97. The molecule has 0 spiro atoms. The van der Waals surface area contributed by atoms with Crippen molar-refractivity contribution in [2.75, 3.05) is 20.3 Å². The van der Waals surface area contributed by atoms with Crippen molar-refractivity contribution in [2.24, 2.45) is 5.92 Å². The topological polar surface area (TPSA) is 29.5 Å². The second kappa shape index (κ2) is 8.27. The molecule has 0 heterocycles. The molecule has 0 aliphatic carbocycles. The van der Waals surface area contributed by atoms with Crippen LogP contribution < -0.4 is 0 Å². The van der Waals surface area contributed by atoms with Gasteiger partial charge in [0.05, 0.1) is 6.61 Å². The van der Waals surface area contributed by atoms with E-state index in [-0.39, 0.29) is 0 Å². The Morgan fingerprint density at radius 3 is 2.69 bits per heavy atom. The molecule has 78 valence electrons. The average Bonchev–Trinajstić information content (AvgIpc) is 2.05. The maximum atomic E-state index is 8.69. The van der Waals surface area contributed by atoms with Crippen LogP contribution in [-0.2, 0) is 4.74 Å². The summed E-state index contributed by atoms with van der Waals surface area (Å²) in [5.41, 5.74) is 1.29. The second-order valence-corrected chi connectivity index (χ2v) is 3.68. The quantitative estimate of drug-likeness (QED) is 0.619. The highest BCUT2D eigenvalue weighted by Gasteiger charge is 1.99. The average molecular weight is 186 g/mol. The first-order chi connectivity index (χ1) is 6.20. The Morgan fingerprint density at radius 2 is 2.15 bits per heavy atom. The Kier molecular flexibility index (Phi) is 8.05. The summed E-state index contributed by atoms with van der Waals surface area (Å²) < 4.78 is 5.00. The molecule has 0 aliphatic heterocycles. The fourth-order valence-corrected chi connectivity index (χ4v) is 1.27. The van der Waals surface area contributed by atoms with Gasteiger partial charge in [-0.15, -0.1) is 0 Å². The van der Waals surface area contributed by atoms with Crippen LogP contribution in [0.4, 0.5) is 0 Å². The zero-order valence-corrected chi connectivity index (χ0v) is 9.05. The molecule has 1 atom stereocenters. The molecule has 0 amide bonds. The summed E-state index contributed by atoms with van der Waals surface area (Å²) in [7, 11) is 1.71. The van der Waals surface area contributed by atoms with Crippen LogP contribution in [0.2, 0.25) is 0 Å². The van der Waals surface area contributed by atoms with E-state index >= 15 is 0 Å². The molecule has 0 bridgehead atoms. The highest BCUT2D eigenvalue weighted by Crippen LogP contribution is 2.10. The smallest absolute Gasteiger partial charge is 0.0670 e. The van der Waals surface area contributed by atoms with Crippen LogP contribution in [0.15, 0.2) is 11.6 Å². The molecule has 0 aromatic rings. The molecule has 0 aromatic heterocycles. The number of aliphatic hydroxyl groups is 1. The van der Waals surface area contributed by atoms with Crippen molar-refractivity contribution in [3.05, 3.63) is 11.6 Å². The van der Waals surface area contributed by atoms with Gasteiger partial charge in [0.1, 0.15) is 0 Å². The van der Waals surface area contributed by atoms with E-state index in [9.17, 15) is 0 Å². The van der Waals surface area contributed by atoms with Crippen molar-refractivity contribution in [2.45, 2.75) is 33.1 Å². The van der Waals surface area contributed by atoms with Crippen LogP contribution in [0.25, 0.3) is 0 Å². The molecule has 0 aromatic carbocycles. The van der Waals surface area contributed by atoms with Crippen molar-refractivity contribution < 1.29 is 9.84 Å². The monoisotopic (exact) mass is 186 g/mol. The summed E-state index contributed by atoms with van der Waals surface area (Å²) in [6, 6.07) is 0. The lowest BCUT2D eigenvalue weighted by Gasteiger charge is -2.07. The van der Waals surface area contributed by atoms with Crippen LogP contribution in [0.5, 0.6) is 0 Å². The first kappa shape index (κ1) is 12.7. The van der Waals surface area contributed by atoms with Gasteiger partial charge in [-0.1, -0.05) is 18.6 Å². The highest BCUT2D eigenvalue weighted by atomic mass is 16.5. The lowest BCUT2D eigenvalue weighted by atomic mass is 10.0. The van der Waals surface area contributed by atoms with E-state index in [1.807, 2.05) is 0 Å². The van der Waals surface area contributed by atoms with Gasteiger partial charge in [0, 0.05) is 13.7 Å². The normalized spacial score (nSPS) is 14.6. The molecule has 0 radical (unpaired) electrons. The Bertz CT molecular complexity index is 141. The Hall–Kier alpha value is -0.340. The van der Waals surface area contributed by atoms with E-state index in [0.29, 0.717) is 12.5 Å². The van der Waals surface area contributed by atoms with Crippen LogP contribution >= 0.6 is 0 Å². The molecule has 0 saturated carbocycles. The van der Waals surface area contributed by atoms with E-state index in [1.165, 1.54) is 5.57 Å². The van der Waals surface area contributed by atoms with E-state index in [0.717, 1.165) is 25.9 Å². The molecule has 0 aliphatic rings. The van der Waals surface area contributed by atoms with Gasteiger partial charge in [0.2, 0.25) is 0 Å². The van der Waals surface area contributed by atoms with Gasteiger partial charge in [0.15, 0.2) is 0 Å². The molecular weight excluding hydrogens is 164 g/mol. The van der Waals surface area contributed by atoms with E-state index in [2.05, 4.69) is 19.9 Å². The van der Waals surface area contributed by atoms with Crippen molar-refractivity contribution in [3.63, 3.8) is 0 Å². The van der Waals surface area contributed by atoms with Crippen molar-refractivity contribution in [3.8, 4) is 0 Å². The molecule has 0 rings (SSSR count). The fraction of sp³-hybridized carbons (Fsp3) is 0.818. The number of ether oxygens (including phenoxy) is 1. The number of aliphatic hydroxyl groups excluding tert-OH is 1. The largest absolute Gasteiger partial charge is 0.396 e. The lowest BCUT2D eigenvalue weighted by molar-refractivity contribution is 0.225. The van der Waals surface area contributed by atoms with Gasteiger partial charge in [-0.05, 0) is 32.1 Å². The third-order valence-corrected chi connectivity index (χ3v) is 2.15. The first-order valence-corrected chi connectivity index (χ1v) is 4.96. The summed E-state index contributed by atoms with van der Waals surface area (Å²) in [6.07, 6.45) is 5.38. The zero-order chi connectivity index (χ0) is 10.1. The summed E-state index contributed by atoms with van der Waals surface area (Å²) in [5, 5.41) is 8.69. The molecule has 13 heavy (non-hydrogen) atoms. The van der Waals surface area contributed by atoms with Gasteiger partial charge >= 0.3 is 0 Å². The predicted molar refractivity (Wildman–Crippen MR) is 55.7 cm³/mol. The minimum absolute atomic E-state index is 0.307. The van der Waals surface area contributed by atoms with Crippen LogP contribution in [0.3, 0.4) is 0 Å². The van der Waals surface area contributed by atoms with Gasteiger partial charge in [0.25, 0.3) is 0 Å². The third kappa shape index (κ3) is 8.00. The van der Waals surface area contributed by atoms with Crippen molar-refractivity contribution >= 4 is 0 Å². The maximum absolute atomic E-state index is 8.69. The summed E-state index contributed by atoms with van der Waals surface area (Å²) in [6.45, 7) is 5.30. The first-order valence-electron chi connectivity index (χ1n) is 4.96. The number of hydrogen-bond donors (Lipinski definition) is 1. The van der Waals surface area contributed by atoms with Gasteiger partial charge < -0.3 is 9.84 Å². The highest BCUT2D eigenvalue weighted by molar-refractivity contribution is 4.97. The van der Waals surface area contributed by atoms with Crippen LogP contribution in [0, 0.1) is 5.92 Å². The molecule has 2 heteroatoms. The van der Waals surface area contributed by atoms with Gasteiger partial charge in [-0.3, -0.25) is 0 Å². The molecule has 1 N–H and O–H groups in total. The predicted octanol–water partition coefficient (Wildman–Crippen LogP) is 2.38. The Balaban J connectivity index is 3.47. The minimum Gasteiger partial charge on any atom is -0.396 e. The molecule has 1 unspecified atom stereocenters. The standard InChI is InChI=1S/C11H22O2/c1-10(7-8-12)5-4-6-11(2)9-13-3/h6,10,12H,4-5,7-9H2,1-3H3/b11-6-. The Morgan fingerprint density at radius 1 is 1.46 bits per heavy atom. The van der Waals surface area contributed by atoms with Crippen LogP contribution in [-0.4, -0.2) is 25.4 Å². The number of allylic oxidation sites excluding steroid dienone is 1. The fourth-order valence-electron chi connectivity index (χ4n) is 1.27. The number of methoxy groups -OCH3 is 1. The van der Waals surface area contributed by atoms with Crippen molar-refractivity contribution in [1.29, 1.82) is 0 Å². The zero-order valence-electron chi connectivity index (χ0n) is 9.05. The summed E-state index contributed by atoms with van der Waals surface area (Å²) in [4.78, 5) is 0. The number of hydrogen-bond acceptors (Lipinski definition) is 2. The molecule has 0 saturated heterocycles. The molecular formula is C11H22O2. The molecule has 2 nitrogen and oxygen atoms in total. The van der Waals surface area contributed by atoms with E-state index in [4.69, 9.17) is 9.84 Å². The Labute approximate surface area is 81.6 Å². The SMILES string of the molecule is COC/C(C)=C\CCC(C)CCO. The minimum atomic E-state index is 0.307. The van der Waals surface area contributed by atoms with E-state index < -0.39 is 0 Å². The maximum Gasteiger partial charge on any atom is 0.0670 e. The number of rotatable bonds is 7. The molecule has 0 fully saturated rings. The second-order valence-electron chi connectivity index (χ2n) is 3.68. The van der Waals surface area contributed by atoms with Gasteiger partial charge in [-0.25, -0.2) is 0 Å². The van der Waals surface area contributed by atoms with Gasteiger partial charge in [-0.2, -0.15) is 0 Å². The summed E-state index contributed by atoms with van der Waals surface area (Å²) >= 11 is 0.